The molecule has 0 radical (unpaired) electrons. The van der Waals surface area contributed by atoms with Crippen molar-refractivity contribution in [3.05, 3.63) is 35.9 Å². The Kier molecular flexibility index (Phi) is 11.0. The molecule has 2 aliphatic rings. The van der Waals surface area contributed by atoms with Gasteiger partial charge in [0.05, 0.1) is 0 Å². The van der Waals surface area contributed by atoms with Crippen molar-refractivity contribution < 1.29 is 4.79 Å². The second-order valence-corrected chi connectivity index (χ2v) is 8.63. The van der Waals surface area contributed by atoms with Crippen LogP contribution in [0.1, 0.15) is 63.4 Å². The second-order valence-electron chi connectivity index (χ2n) is 8.63. The minimum absolute atomic E-state index is 0. The Morgan fingerprint density at radius 2 is 1.70 bits per heavy atom. The third kappa shape index (κ3) is 7.43. The van der Waals surface area contributed by atoms with Crippen LogP contribution in [0.5, 0.6) is 0 Å². The van der Waals surface area contributed by atoms with Gasteiger partial charge in [0, 0.05) is 39.6 Å². The van der Waals surface area contributed by atoms with E-state index in [4.69, 9.17) is 4.99 Å². The van der Waals surface area contributed by atoms with E-state index >= 15 is 0 Å². The van der Waals surface area contributed by atoms with Crippen molar-refractivity contribution in [1.29, 1.82) is 0 Å². The largest absolute Gasteiger partial charge is 0.359 e. The molecule has 0 bridgehead atoms. The van der Waals surface area contributed by atoms with Gasteiger partial charge in [0.25, 0.3) is 0 Å². The Hall–Kier alpha value is -1.31. The predicted molar refractivity (Wildman–Crippen MR) is 136 cm³/mol. The lowest BCUT2D eigenvalue weighted by molar-refractivity contribution is -0.121. The highest BCUT2D eigenvalue weighted by molar-refractivity contribution is 14.0. The average molecular weight is 527 g/mol. The molecule has 1 aromatic carbocycles. The number of hydrogen-bond acceptors (Lipinski definition) is 2. The topological polar surface area (TPSA) is 56.7 Å². The van der Waals surface area contributed by atoms with Crippen molar-refractivity contribution in [2.45, 2.75) is 57.8 Å². The van der Waals surface area contributed by atoms with E-state index in [0.29, 0.717) is 18.3 Å². The summed E-state index contributed by atoms with van der Waals surface area (Å²) in [6.45, 7) is 5.96. The number of nitrogens with zero attached hydrogens (tertiary/aromatic N) is 2. The number of amides is 1. The van der Waals surface area contributed by atoms with Gasteiger partial charge in [-0.2, -0.15) is 0 Å². The van der Waals surface area contributed by atoms with Crippen LogP contribution in [0, 0.1) is 11.8 Å². The zero-order valence-electron chi connectivity index (χ0n) is 18.6. The number of rotatable bonds is 6. The highest BCUT2D eigenvalue weighted by Gasteiger charge is 2.25. The summed E-state index contributed by atoms with van der Waals surface area (Å²) in [6, 6.07) is 11.0. The van der Waals surface area contributed by atoms with Crippen LogP contribution in [-0.2, 0) is 4.79 Å². The van der Waals surface area contributed by atoms with Crippen molar-refractivity contribution in [3.63, 3.8) is 0 Å². The summed E-state index contributed by atoms with van der Waals surface area (Å²) in [6.07, 6.45) is 7.91. The molecule has 3 rings (SSSR count). The Morgan fingerprint density at radius 1 is 1.03 bits per heavy atom. The molecule has 2 fully saturated rings. The monoisotopic (exact) mass is 526 g/mol. The summed E-state index contributed by atoms with van der Waals surface area (Å²) in [7, 11) is 1.72. The van der Waals surface area contributed by atoms with Gasteiger partial charge >= 0.3 is 0 Å². The summed E-state index contributed by atoms with van der Waals surface area (Å²) in [5, 5.41) is 6.24. The Balaban J connectivity index is 0.00000320. The number of benzene rings is 1. The summed E-state index contributed by atoms with van der Waals surface area (Å²) in [4.78, 5) is 19.0. The number of hydrogen-bond donors (Lipinski definition) is 2. The summed E-state index contributed by atoms with van der Waals surface area (Å²) >= 11 is 0. The zero-order valence-corrected chi connectivity index (χ0v) is 20.9. The maximum absolute atomic E-state index is 11.6. The molecule has 0 aromatic heterocycles. The van der Waals surface area contributed by atoms with Gasteiger partial charge in [0.1, 0.15) is 0 Å². The Labute approximate surface area is 199 Å². The Morgan fingerprint density at radius 3 is 2.30 bits per heavy atom. The van der Waals surface area contributed by atoms with E-state index in [1.54, 1.807) is 7.05 Å². The van der Waals surface area contributed by atoms with E-state index in [9.17, 15) is 4.79 Å². The van der Waals surface area contributed by atoms with E-state index in [0.717, 1.165) is 50.9 Å². The first-order valence-electron chi connectivity index (χ1n) is 11.5. The smallest absolute Gasteiger partial charge is 0.220 e. The van der Waals surface area contributed by atoms with E-state index in [1.165, 1.54) is 31.2 Å². The molecule has 6 heteroatoms. The number of guanidine groups is 1. The number of aliphatic imine (C=N–C) groups is 1. The molecule has 5 nitrogen and oxygen atoms in total. The summed E-state index contributed by atoms with van der Waals surface area (Å²) in [5.74, 6) is 3.16. The predicted octanol–water partition coefficient (Wildman–Crippen LogP) is 4.39. The molecule has 1 amide bonds. The van der Waals surface area contributed by atoms with Crippen molar-refractivity contribution >= 4 is 35.8 Å². The second kappa shape index (κ2) is 13.2. The molecular weight excluding hydrogens is 487 g/mol. The van der Waals surface area contributed by atoms with Crippen LogP contribution in [0.15, 0.2) is 35.3 Å². The zero-order chi connectivity index (χ0) is 20.5. The molecule has 0 atom stereocenters. The normalized spacial score (nSPS) is 22.9. The molecule has 1 aliphatic heterocycles. The van der Waals surface area contributed by atoms with Gasteiger partial charge in [0.2, 0.25) is 5.91 Å². The van der Waals surface area contributed by atoms with Gasteiger partial charge in [-0.05, 0) is 68.8 Å². The molecule has 1 aromatic rings. The average Bonchev–Trinajstić information content (AvgIpc) is 2.78. The standard InChI is InChI=1S/C24H38N4O.HI/c1-3-26-24(28-15-13-19(14-16-28)17-23(29)25-2)27-18-20-9-11-22(12-10-20)21-7-5-4-6-8-21;/h4-8,19-20,22H,3,9-18H2,1-2H3,(H,25,29)(H,26,27);1H. The Bertz CT molecular complexity index is 650. The fraction of sp³-hybridized carbons (Fsp3) is 0.667. The number of likely N-dealkylation sites (tertiary alicyclic amines) is 1. The maximum Gasteiger partial charge on any atom is 0.220 e. The number of halogens is 1. The maximum atomic E-state index is 11.6. The fourth-order valence-corrected chi connectivity index (χ4v) is 4.76. The lowest BCUT2D eigenvalue weighted by Gasteiger charge is -2.34. The van der Waals surface area contributed by atoms with E-state index in [2.05, 4.69) is 52.8 Å². The van der Waals surface area contributed by atoms with Crippen LogP contribution in [0.2, 0.25) is 0 Å². The number of carbonyl (C=O) groups excluding carboxylic acids is 1. The number of carbonyl (C=O) groups is 1. The first kappa shape index (κ1) is 25.0. The van der Waals surface area contributed by atoms with Crippen molar-refractivity contribution in [2.24, 2.45) is 16.8 Å². The van der Waals surface area contributed by atoms with Gasteiger partial charge in [-0.15, -0.1) is 24.0 Å². The van der Waals surface area contributed by atoms with Crippen LogP contribution in [-0.4, -0.2) is 50.0 Å². The van der Waals surface area contributed by atoms with Crippen molar-refractivity contribution in [2.75, 3.05) is 33.2 Å². The molecule has 1 saturated heterocycles. The number of nitrogens with one attached hydrogen (secondary N) is 2. The minimum Gasteiger partial charge on any atom is -0.359 e. The van der Waals surface area contributed by atoms with Gasteiger partial charge < -0.3 is 15.5 Å². The van der Waals surface area contributed by atoms with Crippen LogP contribution in [0.4, 0.5) is 0 Å². The first-order chi connectivity index (χ1) is 14.2. The fourth-order valence-electron chi connectivity index (χ4n) is 4.76. The molecule has 1 aliphatic carbocycles. The molecule has 0 spiro atoms. The molecule has 2 N–H and O–H groups in total. The third-order valence-electron chi connectivity index (χ3n) is 6.62. The molecule has 30 heavy (non-hydrogen) atoms. The van der Waals surface area contributed by atoms with Crippen LogP contribution in [0.25, 0.3) is 0 Å². The third-order valence-corrected chi connectivity index (χ3v) is 6.62. The molecule has 1 heterocycles. The molecule has 168 valence electrons. The van der Waals surface area contributed by atoms with Crippen molar-refractivity contribution in [1.82, 2.24) is 15.5 Å². The van der Waals surface area contributed by atoms with Crippen LogP contribution < -0.4 is 10.6 Å². The lowest BCUT2D eigenvalue weighted by atomic mass is 9.79. The lowest BCUT2D eigenvalue weighted by Crippen LogP contribution is -2.46. The van der Waals surface area contributed by atoms with Gasteiger partial charge in [-0.3, -0.25) is 9.79 Å². The van der Waals surface area contributed by atoms with Gasteiger partial charge in [-0.25, -0.2) is 0 Å². The van der Waals surface area contributed by atoms with E-state index in [-0.39, 0.29) is 29.9 Å². The van der Waals surface area contributed by atoms with Gasteiger partial charge in [-0.1, -0.05) is 30.3 Å². The quantitative estimate of drug-likeness (QED) is 0.329. The molecular formula is C24H39IN4O. The summed E-state index contributed by atoms with van der Waals surface area (Å²) < 4.78 is 0. The van der Waals surface area contributed by atoms with Crippen LogP contribution >= 0.6 is 24.0 Å². The highest BCUT2D eigenvalue weighted by Crippen LogP contribution is 2.35. The first-order valence-corrected chi connectivity index (χ1v) is 11.5. The SMILES string of the molecule is CCNC(=NCC1CCC(c2ccccc2)CC1)N1CCC(CC(=O)NC)CC1.I. The van der Waals surface area contributed by atoms with E-state index in [1.807, 2.05) is 0 Å². The summed E-state index contributed by atoms with van der Waals surface area (Å²) in [5.41, 5.74) is 1.50. The van der Waals surface area contributed by atoms with Crippen molar-refractivity contribution in [3.8, 4) is 0 Å². The molecule has 0 unspecified atom stereocenters. The van der Waals surface area contributed by atoms with E-state index < -0.39 is 0 Å². The van der Waals surface area contributed by atoms with Gasteiger partial charge in [0.15, 0.2) is 5.96 Å². The van der Waals surface area contributed by atoms with Crippen LogP contribution in [0.3, 0.4) is 0 Å². The number of piperidine rings is 1. The highest BCUT2D eigenvalue weighted by atomic mass is 127. The minimum atomic E-state index is 0. The molecule has 1 saturated carbocycles.